The molecule has 0 aliphatic carbocycles. The van der Waals surface area contributed by atoms with E-state index < -0.39 is 50.1 Å². The predicted octanol–water partition coefficient (Wildman–Crippen LogP) is 6.97. The molecule has 0 amide bonds. The van der Waals surface area contributed by atoms with Gasteiger partial charge in [-0.1, -0.05) is 60.7 Å². The van der Waals surface area contributed by atoms with Crippen molar-refractivity contribution in [2.75, 3.05) is 41.0 Å². The van der Waals surface area contributed by atoms with E-state index in [1.807, 2.05) is 60.7 Å². The number of hydrogen-bond acceptors (Lipinski definition) is 12. The van der Waals surface area contributed by atoms with E-state index in [-0.39, 0.29) is 47.2 Å². The molecule has 338 valence electrons. The Morgan fingerprint density at radius 2 is 1.14 bits per heavy atom. The monoisotopic (exact) mass is 919 g/mol. The van der Waals surface area contributed by atoms with Gasteiger partial charge < -0.3 is 29.0 Å². The third-order valence-corrected chi connectivity index (χ3v) is 16.4. The number of esters is 2. The molecule has 0 radical (unpaired) electrons. The van der Waals surface area contributed by atoms with E-state index in [0.29, 0.717) is 60.6 Å². The van der Waals surface area contributed by atoms with E-state index in [1.54, 1.807) is 42.5 Å². The minimum atomic E-state index is -4.11. The number of carbonyl (C=O) groups excluding carboxylic acids is 2. The third-order valence-electron chi connectivity index (χ3n) is 12.6. The molecule has 0 spiro atoms. The predicted molar refractivity (Wildman–Crippen MR) is 244 cm³/mol. The highest BCUT2D eigenvalue weighted by Gasteiger charge is 2.43. The number of methoxy groups -OCH3 is 3. The van der Waals surface area contributed by atoms with Crippen LogP contribution in [0, 0.1) is 0 Å². The smallest absolute Gasteiger partial charge is 0.329 e. The van der Waals surface area contributed by atoms with Gasteiger partial charge in [-0.05, 0) is 120 Å². The number of fused-ring (bicyclic) bond motifs is 3. The van der Waals surface area contributed by atoms with Gasteiger partial charge in [0, 0.05) is 30.8 Å². The second kappa shape index (κ2) is 18.1. The van der Waals surface area contributed by atoms with Crippen molar-refractivity contribution in [3.63, 3.8) is 0 Å². The lowest BCUT2D eigenvalue weighted by Crippen LogP contribution is -2.43. The molecular formula is C49H49N3O11S2. The fraction of sp³-hybridized carbons (Fsp3) is 0.306. The summed E-state index contributed by atoms with van der Waals surface area (Å²) < 4.78 is 88.0. The van der Waals surface area contributed by atoms with E-state index >= 15 is 0 Å². The zero-order valence-corrected chi connectivity index (χ0v) is 37.8. The number of hydrogen-bond donors (Lipinski definition) is 1. The first kappa shape index (κ1) is 44.2. The van der Waals surface area contributed by atoms with Crippen molar-refractivity contribution in [3.8, 4) is 28.7 Å². The van der Waals surface area contributed by atoms with Crippen LogP contribution in [0.4, 0.5) is 0 Å². The summed E-state index contributed by atoms with van der Waals surface area (Å²) in [5, 5.41) is 6.83. The average molecular weight is 920 g/mol. The molecule has 0 saturated carbocycles. The fourth-order valence-corrected chi connectivity index (χ4v) is 12.7. The summed E-state index contributed by atoms with van der Waals surface area (Å²) in [4.78, 5) is 28.7. The Labute approximate surface area is 378 Å². The van der Waals surface area contributed by atoms with Gasteiger partial charge in [0.15, 0.2) is 11.5 Å². The Morgan fingerprint density at radius 1 is 0.615 bits per heavy atom. The minimum absolute atomic E-state index is 0.0390. The molecule has 3 heterocycles. The highest BCUT2D eigenvalue weighted by molar-refractivity contribution is 7.89. The number of carbonyl (C=O) groups is 2. The number of rotatable bonds is 13. The minimum Gasteiger partial charge on any atom is -0.493 e. The lowest BCUT2D eigenvalue weighted by atomic mass is 9.89. The molecule has 65 heavy (non-hydrogen) atoms. The van der Waals surface area contributed by atoms with E-state index in [4.69, 9.17) is 23.7 Å². The van der Waals surface area contributed by atoms with E-state index in [9.17, 15) is 26.4 Å². The first-order valence-corrected chi connectivity index (χ1v) is 24.4. The maximum atomic E-state index is 14.3. The van der Waals surface area contributed by atoms with Crippen molar-refractivity contribution in [1.82, 2.24) is 13.9 Å². The third kappa shape index (κ3) is 8.52. The average Bonchev–Trinajstić information content (AvgIpc) is 4.04. The van der Waals surface area contributed by atoms with Crippen molar-refractivity contribution in [1.29, 1.82) is 0 Å². The van der Waals surface area contributed by atoms with Crippen LogP contribution in [-0.2, 0) is 42.5 Å². The molecule has 3 atom stereocenters. The van der Waals surface area contributed by atoms with Gasteiger partial charge in [0.2, 0.25) is 25.8 Å². The highest BCUT2D eigenvalue weighted by atomic mass is 32.2. The van der Waals surface area contributed by atoms with Crippen LogP contribution in [0.25, 0.3) is 21.5 Å². The van der Waals surface area contributed by atoms with Crippen molar-refractivity contribution in [2.24, 2.45) is 0 Å². The summed E-state index contributed by atoms with van der Waals surface area (Å²) in [6.45, 7) is 0.759. The molecule has 6 aromatic rings. The Kier molecular flexibility index (Phi) is 12.3. The first-order valence-electron chi connectivity index (χ1n) is 21.5. The zero-order valence-electron chi connectivity index (χ0n) is 36.2. The molecule has 0 aromatic heterocycles. The van der Waals surface area contributed by atoms with Crippen LogP contribution in [0.3, 0.4) is 0 Å². The quantitative estimate of drug-likeness (QED) is 0.0936. The van der Waals surface area contributed by atoms with Gasteiger partial charge in [-0.15, -0.1) is 0 Å². The molecule has 3 unspecified atom stereocenters. The topological polar surface area (TPSA) is 167 Å². The Balaban J connectivity index is 1.04. The Hall–Kier alpha value is -6.04. The molecule has 2 saturated heterocycles. The summed E-state index contributed by atoms with van der Waals surface area (Å²) in [6.07, 6.45) is 2.21. The van der Waals surface area contributed by atoms with Gasteiger partial charge in [0.05, 0.1) is 31.1 Å². The van der Waals surface area contributed by atoms with Gasteiger partial charge in [-0.3, -0.25) is 0 Å². The lowest BCUT2D eigenvalue weighted by molar-refractivity contribution is -0.138. The van der Waals surface area contributed by atoms with Crippen molar-refractivity contribution >= 4 is 53.5 Å². The number of sulfonamides is 2. The summed E-state index contributed by atoms with van der Waals surface area (Å²) in [5.74, 6) is -0.0141. The Bertz CT molecular complexity index is 3030. The summed E-state index contributed by atoms with van der Waals surface area (Å²) in [7, 11) is -3.61. The zero-order chi connectivity index (χ0) is 45.5. The first-order chi connectivity index (χ1) is 31.4. The van der Waals surface area contributed by atoms with E-state index in [0.717, 1.165) is 27.1 Å². The van der Waals surface area contributed by atoms with Crippen LogP contribution in [0.5, 0.6) is 28.7 Å². The van der Waals surface area contributed by atoms with Crippen molar-refractivity contribution in [3.05, 3.63) is 126 Å². The second-order valence-corrected chi connectivity index (χ2v) is 20.2. The van der Waals surface area contributed by atoms with Crippen LogP contribution in [0.2, 0.25) is 0 Å². The summed E-state index contributed by atoms with van der Waals surface area (Å²) >= 11 is 0. The Morgan fingerprint density at radius 3 is 1.66 bits per heavy atom. The van der Waals surface area contributed by atoms with Gasteiger partial charge in [0.1, 0.15) is 23.6 Å². The van der Waals surface area contributed by atoms with Crippen molar-refractivity contribution < 1.29 is 50.1 Å². The normalized spacial score (nSPS) is 19.2. The van der Waals surface area contributed by atoms with E-state index in [2.05, 4.69) is 5.32 Å². The molecule has 16 heteroatoms. The fourth-order valence-electron chi connectivity index (χ4n) is 9.34. The van der Waals surface area contributed by atoms with Crippen molar-refractivity contribution in [2.45, 2.75) is 66.4 Å². The molecular weight excluding hydrogens is 871 g/mol. The summed E-state index contributed by atoms with van der Waals surface area (Å²) in [6, 6.07) is 28.9. The second-order valence-electron chi connectivity index (χ2n) is 16.4. The largest absolute Gasteiger partial charge is 0.493 e. The van der Waals surface area contributed by atoms with Gasteiger partial charge in [-0.2, -0.15) is 8.61 Å². The van der Waals surface area contributed by atoms with Gasteiger partial charge in [0.25, 0.3) is 0 Å². The van der Waals surface area contributed by atoms with Crippen LogP contribution in [0.15, 0.2) is 119 Å². The number of ether oxygens (including phenoxy) is 5. The maximum absolute atomic E-state index is 14.3. The molecule has 9 rings (SSSR count). The van der Waals surface area contributed by atoms with Gasteiger partial charge in [-0.25, -0.2) is 26.4 Å². The van der Waals surface area contributed by atoms with E-state index in [1.165, 1.54) is 36.0 Å². The summed E-state index contributed by atoms with van der Waals surface area (Å²) in [5.41, 5.74) is 2.18. The molecule has 1 N–H and O–H groups in total. The number of nitrogens with zero attached hydrogens (tertiary/aromatic N) is 2. The van der Waals surface area contributed by atoms with Crippen LogP contribution in [-0.4, -0.2) is 90.4 Å². The molecule has 2 fully saturated rings. The number of benzene rings is 6. The molecule has 0 bridgehead atoms. The van der Waals surface area contributed by atoms with Crippen LogP contribution in [0.1, 0.15) is 48.4 Å². The molecule has 3 aliphatic rings. The highest BCUT2D eigenvalue weighted by Crippen LogP contribution is 2.42. The molecule has 6 aromatic carbocycles. The standard InChI is InChI=1S/C49H49N3O11S2/c1-59-45-25-31(26-46(60-2)47(45)61-3)24-41-40-29-36(62-48(53)42-14-8-22-51(42)64(55,56)37-18-16-32-10-4-6-12-34(32)27-37)30-44(39(40)20-21-50-41)63-49(54)43-15-9-23-52(43)65(57,58)38-19-17-33-11-5-7-13-35(33)28-38/h4-7,10-13,16-19,25-30,41-43,50H,8-9,14-15,20-24H2,1-3H3. The number of nitrogens with one attached hydrogen (secondary N) is 1. The van der Waals surface area contributed by atoms with Gasteiger partial charge >= 0.3 is 11.9 Å². The van der Waals surface area contributed by atoms with Crippen LogP contribution < -0.4 is 29.0 Å². The SMILES string of the molecule is COc1cc(CC2NCCc3c(OC(=O)C4CCCN4S(=O)(=O)c4ccc5ccccc5c4)cc(OC(=O)C4CCCN4S(=O)(=O)c4ccc5ccccc5c4)cc32)cc(OC)c1OC. The molecule has 3 aliphatic heterocycles. The maximum Gasteiger partial charge on any atom is 0.329 e. The molecule has 14 nitrogen and oxygen atoms in total. The van der Waals surface area contributed by atoms with Crippen LogP contribution >= 0.6 is 0 Å². The lowest BCUT2D eigenvalue weighted by Gasteiger charge is -2.30.